The van der Waals surface area contributed by atoms with Crippen molar-refractivity contribution in [2.45, 2.75) is 116 Å². The topological polar surface area (TPSA) is 219 Å². The van der Waals surface area contributed by atoms with Gasteiger partial charge < -0.3 is 46.2 Å². The molecule has 3 amide bonds. The number of carbonyl (C=O) groups excluding carboxylic acids is 3. The van der Waals surface area contributed by atoms with Crippen molar-refractivity contribution in [3.05, 3.63) is 89.3 Å². The minimum absolute atomic E-state index is 0.0353. The lowest BCUT2D eigenvalue weighted by atomic mass is 9.73. The number of aromatic hydroxyl groups is 1. The summed E-state index contributed by atoms with van der Waals surface area (Å²) in [7, 11) is 0. The number of phenols is 1. The van der Waals surface area contributed by atoms with E-state index < -0.39 is 23.6 Å². The van der Waals surface area contributed by atoms with E-state index in [2.05, 4.69) is 54.4 Å². The monoisotopic (exact) mass is 985 g/mol. The molecule has 6 N–H and O–H groups in total. The maximum Gasteiger partial charge on any atom is 0.246 e. The van der Waals surface area contributed by atoms with Crippen LogP contribution in [0.25, 0.3) is 21.7 Å². The van der Waals surface area contributed by atoms with Crippen LogP contribution in [0.15, 0.2) is 72.5 Å². The van der Waals surface area contributed by atoms with Gasteiger partial charge in [-0.25, -0.2) is 15.0 Å². The van der Waals surface area contributed by atoms with E-state index in [0.717, 1.165) is 78.3 Å². The Labute approximate surface area is 420 Å². The van der Waals surface area contributed by atoms with Gasteiger partial charge >= 0.3 is 0 Å². The lowest BCUT2D eigenvalue weighted by Crippen LogP contribution is -2.59. The Balaban J connectivity index is 0.722. The number of nitrogens with zero attached hydrogens (tertiary/aromatic N) is 9. The molecule has 0 bridgehead atoms. The van der Waals surface area contributed by atoms with Crippen LogP contribution in [0.2, 0.25) is 0 Å². The van der Waals surface area contributed by atoms with E-state index in [4.69, 9.17) is 15.7 Å². The van der Waals surface area contributed by atoms with Gasteiger partial charge in [-0.15, -0.1) is 21.5 Å². The Kier molecular flexibility index (Phi) is 14.6. The normalized spacial score (nSPS) is 23.6. The molecule has 3 aliphatic heterocycles. The number of β-amino-alcohol motifs (C(OH)–C–C–N with tert-alkyl or cyclic N) is 1. The van der Waals surface area contributed by atoms with Crippen molar-refractivity contribution in [1.29, 1.82) is 0 Å². The van der Waals surface area contributed by atoms with Crippen LogP contribution in [0.4, 0.5) is 17.5 Å². The van der Waals surface area contributed by atoms with Gasteiger partial charge in [0.05, 0.1) is 33.6 Å². The Bertz CT molecular complexity index is 2670. The number of hydrogen-bond acceptors (Lipinski definition) is 15. The highest BCUT2D eigenvalue weighted by Crippen LogP contribution is 2.38. The Morgan fingerprint density at radius 2 is 1.59 bits per heavy atom. The number of aromatic nitrogens is 5. The number of piperidine rings is 1. The Hall–Kier alpha value is -6.24. The zero-order chi connectivity index (χ0) is 50.1. The van der Waals surface area contributed by atoms with Crippen molar-refractivity contribution in [3.63, 3.8) is 0 Å². The summed E-state index contributed by atoms with van der Waals surface area (Å²) in [6.07, 6.45) is 6.85. The molecule has 1 aliphatic carbocycles. The number of phenolic OH excluding ortho intramolecular Hbond substituents is 1. The number of hydrogen-bond donors (Lipinski definition) is 5. The van der Waals surface area contributed by atoms with E-state index in [9.17, 15) is 24.6 Å². The minimum Gasteiger partial charge on any atom is -0.507 e. The number of nitrogens with one attached hydrogen (secondary N) is 2. The first-order chi connectivity index (χ1) is 34.0. The summed E-state index contributed by atoms with van der Waals surface area (Å²) in [5, 5.41) is 35.7. The number of amides is 3. The van der Waals surface area contributed by atoms with E-state index >= 15 is 0 Å². The first-order valence-corrected chi connectivity index (χ1v) is 25.9. The van der Waals surface area contributed by atoms with Gasteiger partial charge in [0.25, 0.3) is 0 Å². The number of piperazine rings is 1. The van der Waals surface area contributed by atoms with Crippen LogP contribution in [0.3, 0.4) is 0 Å². The van der Waals surface area contributed by atoms with Gasteiger partial charge in [0.1, 0.15) is 17.8 Å². The fourth-order valence-electron chi connectivity index (χ4n) is 11.0. The van der Waals surface area contributed by atoms with E-state index in [1.165, 1.54) is 4.90 Å². The second-order valence-corrected chi connectivity index (χ2v) is 22.2. The van der Waals surface area contributed by atoms with Gasteiger partial charge in [0.2, 0.25) is 23.7 Å². The SMILES string of the molecule is Cc1ncsc1-c1ccc(CNC(=O)[C@@H]2C[C@@H](O)CN2C(=O)[C@@H](NC(=O)C2CC(CN3CCC(c4cnc(N5C(C)CN(c6cc(-c7ccccc7O)nnc6N)CC5C)nc4)CC3)C2)C(C)(C)C)cc1. The van der Waals surface area contributed by atoms with Crippen molar-refractivity contribution in [1.82, 2.24) is 45.6 Å². The molecule has 2 unspecified atom stereocenters. The molecule has 376 valence electrons. The molecular weight excluding hydrogens is 917 g/mol. The number of aryl methyl sites for hydroxylation is 1. The summed E-state index contributed by atoms with van der Waals surface area (Å²) >= 11 is 1.59. The average molecular weight is 985 g/mol. The maximum absolute atomic E-state index is 14.2. The van der Waals surface area contributed by atoms with Crippen LogP contribution >= 0.6 is 11.3 Å². The van der Waals surface area contributed by atoms with Gasteiger partial charge in [0, 0.05) is 75.1 Å². The molecule has 5 aromatic rings. The molecule has 9 rings (SSSR count). The molecule has 4 fully saturated rings. The number of thiazole rings is 1. The molecule has 6 heterocycles. The third-order valence-electron chi connectivity index (χ3n) is 15.0. The lowest BCUT2D eigenvalue weighted by Gasteiger charge is -2.45. The Morgan fingerprint density at radius 3 is 2.24 bits per heavy atom. The van der Waals surface area contributed by atoms with Crippen LogP contribution < -0.4 is 26.2 Å². The summed E-state index contributed by atoms with van der Waals surface area (Å²) in [5.74, 6) is 0.993. The summed E-state index contributed by atoms with van der Waals surface area (Å²) in [6.45, 7) is 16.6. The largest absolute Gasteiger partial charge is 0.507 e. The number of anilines is 3. The van der Waals surface area contributed by atoms with Crippen LogP contribution in [0.1, 0.15) is 89.5 Å². The molecule has 0 spiro atoms. The number of likely N-dealkylation sites (tertiary alicyclic amines) is 2. The van der Waals surface area contributed by atoms with Gasteiger partial charge in [0.15, 0.2) is 5.82 Å². The highest BCUT2D eigenvalue weighted by Gasteiger charge is 2.46. The van der Waals surface area contributed by atoms with E-state index in [1.54, 1.807) is 23.5 Å². The predicted molar refractivity (Wildman–Crippen MR) is 275 cm³/mol. The first-order valence-electron chi connectivity index (χ1n) is 25.1. The highest BCUT2D eigenvalue weighted by molar-refractivity contribution is 7.13. The number of nitrogen functional groups attached to an aromatic ring is 1. The van der Waals surface area contributed by atoms with Crippen LogP contribution in [-0.2, 0) is 20.9 Å². The second kappa shape index (κ2) is 20.8. The van der Waals surface area contributed by atoms with Gasteiger partial charge in [-0.05, 0) is 112 Å². The number of benzene rings is 2. The molecule has 5 atom stereocenters. The minimum atomic E-state index is -0.853. The molecule has 18 heteroatoms. The van der Waals surface area contributed by atoms with Crippen molar-refractivity contribution < 1.29 is 24.6 Å². The number of rotatable bonds is 13. The van der Waals surface area contributed by atoms with Crippen LogP contribution in [-0.4, -0.2) is 132 Å². The number of nitrogens with two attached hydrogens (primary N) is 1. The maximum atomic E-state index is 14.2. The van der Waals surface area contributed by atoms with E-state index in [1.807, 2.05) is 88.1 Å². The third kappa shape index (κ3) is 11.0. The Morgan fingerprint density at radius 1 is 0.901 bits per heavy atom. The highest BCUT2D eigenvalue weighted by atomic mass is 32.1. The van der Waals surface area contributed by atoms with Gasteiger partial charge in [-0.1, -0.05) is 57.2 Å². The van der Waals surface area contributed by atoms with E-state index in [0.29, 0.717) is 47.9 Å². The quantitative estimate of drug-likeness (QED) is 0.0947. The van der Waals surface area contributed by atoms with Crippen molar-refractivity contribution in [2.75, 3.05) is 54.8 Å². The fourth-order valence-corrected chi connectivity index (χ4v) is 11.8. The second-order valence-electron chi connectivity index (χ2n) is 21.3. The van der Waals surface area contributed by atoms with Crippen LogP contribution in [0, 0.1) is 24.2 Å². The number of para-hydroxylation sites is 1. The third-order valence-corrected chi connectivity index (χ3v) is 16.0. The predicted octanol–water partition coefficient (Wildman–Crippen LogP) is 5.77. The zero-order valence-corrected chi connectivity index (χ0v) is 42.5. The zero-order valence-electron chi connectivity index (χ0n) is 41.7. The van der Waals surface area contributed by atoms with Gasteiger partial charge in [-0.3, -0.25) is 14.4 Å². The van der Waals surface area contributed by atoms with Crippen LogP contribution in [0.5, 0.6) is 5.75 Å². The number of aliphatic hydroxyl groups is 1. The molecule has 4 aliphatic rings. The first kappa shape index (κ1) is 49.7. The number of aliphatic hydroxyl groups excluding tert-OH is 1. The molecule has 3 saturated heterocycles. The van der Waals surface area contributed by atoms with Crippen molar-refractivity contribution in [3.8, 4) is 27.4 Å². The standard InChI is InChI=1S/C53H68N12O5S/c1-31-26-63(43-22-42(60-61-48(43)54)41-9-7-8-10-45(41)67)27-32(2)65(31)52-56-24-39(25-57-52)36-15-17-62(18-16-36)28-35-19-38(20-35)49(68)59-47(53(4,5)6)51(70)64-29-40(66)21-44(64)50(69)55-23-34-11-13-37(14-12-34)46-33(3)58-30-71-46/h7-14,22,24-25,30-32,35-36,38,40,44,47,66-67H,15-21,23,26-29H2,1-6H3,(H2,54,61)(H,55,69)(H,59,68)/t31?,32?,35?,38?,40-,44+,47-/m1/s1. The molecule has 2 aromatic carbocycles. The molecule has 0 radical (unpaired) electrons. The summed E-state index contributed by atoms with van der Waals surface area (Å²) in [4.78, 5) is 65.3. The number of carbonyl (C=O) groups is 3. The van der Waals surface area contributed by atoms with Crippen molar-refractivity contribution in [2.24, 2.45) is 17.3 Å². The fraction of sp³-hybridized carbons (Fsp3) is 0.509. The molecule has 17 nitrogen and oxygen atoms in total. The summed E-state index contributed by atoms with van der Waals surface area (Å²) in [5.41, 5.74) is 13.6. The molecule has 3 aromatic heterocycles. The summed E-state index contributed by atoms with van der Waals surface area (Å²) < 4.78 is 0. The molecule has 1 saturated carbocycles. The van der Waals surface area contributed by atoms with Crippen molar-refractivity contribution >= 4 is 46.5 Å². The smallest absolute Gasteiger partial charge is 0.246 e. The van der Waals surface area contributed by atoms with Gasteiger partial charge in [-0.2, -0.15) is 0 Å². The molecular formula is C53H68N12O5S. The summed E-state index contributed by atoms with van der Waals surface area (Å²) in [6, 6.07) is 15.4. The molecule has 71 heavy (non-hydrogen) atoms. The van der Waals surface area contributed by atoms with E-state index in [-0.39, 0.29) is 61.0 Å². The average Bonchev–Trinajstić information content (AvgIpc) is 3.96. The lowest BCUT2D eigenvalue weighted by molar-refractivity contribution is -0.145.